The van der Waals surface area contributed by atoms with Crippen LogP contribution in [-0.2, 0) is 38.1 Å². The quantitative estimate of drug-likeness (QED) is 0.00684. The predicted molar refractivity (Wildman–Crippen MR) is 807 cm³/mol. The predicted octanol–water partition coefficient (Wildman–Crippen LogP) is 32.5. The number of carbonyl (C=O) groups is 8. The maximum atomic E-state index is 13.2. The number of aliphatic carboxylic acids is 1. The van der Waals surface area contributed by atoms with Crippen LogP contribution in [0.5, 0.6) is 0 Å². The number of nitrogens with one attached hydrogen (secondary N) is 7. The number of nitrogens with two attached hydrogens (primary N) is 1. The molecule has 7 heterocycles. The van der Waals surface area contributed by atoms with Gasteiger partial charge in [0.05, 0.1) is 19.3 Å². The first kappa shape index (κ1) is 142. The fourth-order valence-electron chi connectivity index (χ4n) is 12.8. The molecule has 7 fully saturated rings. The van der Waals surface area contributed by atoms with Crippen LogP contribution in [-0.4, -0.2) is 174 Å². The topological polar surface area (TPSA) is 331 Å². The molecule has 11 N–H and O–H groups in total. The zero-order valence-corrected chi connectivity index (χ0v) is 135. The molecule has 0 saturated carbocycles. The van der Waals surface area contributed by atoms with Gasteiger partial charge in [0.25, 0.3) is 23.6 Å². The normalized spacial score (nSPS) is 17.6. The number of benzene rings is 8. The van der Waals surface area contributed by atoms with Gasteiger partial charge >= 0.3 is 414 Å². The first-order valence-corrected chi connectivity index (χ1v) is 193. The number of esters is 3. The van der Waals surface area contributed by atoms with E-state index in [1.807, 2.05) is 109 Å². The van der Waals surface area contributed by atoms with Gasteiger partial charge in [0.15, 0.2) is 18.1 Å². The standard InChI is InChI=1S/C23H27N3O3.C18H20N2O3.C16H16N2O3.C10H11BrO2.C8H10N2O.C7H13NO.C4H8O.ClH.I10.I9.I8/c1-24-22(27)18-8-5-9-19(14-18)25-21(17-6-3-2-4-7-17)23(28)29-20-15-26-12-10-16(20)11-13-26;1-3-23-18(22)16(13-8-5-4-6-9-13)20-15-11-7-10-14(12-15)17(21)19-2;1-17-15(19)12-8-5-9-13(10-12)18-14(16(20)21)11-6-3-2-4-7-11;1-2-13-10(12)9(11)8-6-4-3-5-7-8;1-10-8(11)6-3-2-4-7(9)5-6;9-7-5-8-3-1-6(7)2-4-8;1-2-4-5-3-1;;1-7(2)9(5)10(6)8(3)4;1-6-8(4)9(5)7(2)3;1-6(2)8(5)7(3)4/h2-9,14,16,20-21,25H,10-13,15H2,1H3,(H,24,27);4-12,16,20H,3H2,1-2H3,(H,19,21);2-10,14,18H,1H3,(H,17,19)(H,20,21);3-7,9H,2H2,1H3;2-5H,9H2,1H3,(H,10,11);6-7,9H,1-5H2;1-4H2;1H;;;/q;;;;;;;;;-1;/t20-,21?;;;;;7-;;;;;/m0....0...../s1. The number of anilines is 4. The van der Waals surface area contributed by atoms with Crippen LogP contribution in [0.15, 0.2) is 218 Å². The Morgan fingerprint density at radius 2 is 0.755 bits per heavy atom. The van der Waals surface area contributed by atoms with Gasteiger partial charge in [-0.1, -0.05) is 162 Å². The number of carboxylic acid groups (broad SMARTS) is 1. The van der Waals surface area contributed by atoms with Crippen molar-refractivity contribution in [2.75, 3.05) is 116 Å². The van der Waals surface area contributed by atoms with Gasteiger partial charge in [-0.2, -0.15) is 0 Å². The Kier molecular flexibility index (Phi) is 86.1. The minimum Gasteiger partial charge on any atom is -0.392 e. The Balaban J connectivity index is 0.000000413. The molecule has 7 aliphatic rings. The van der Waals surface area contributed by atoms with Crippen LogP contribution in [0, 0.1) is 11.8 Å². The number of aliphatic hydroxyl groups is 1. The van der Waals surface area contributed by atoms with Gasteiger partial charge in [-0.15, -0.1) is 12.4 Å². The zero-order valence-electron chi connectivity index (χ0n) is 74.5. The summed E-state index contributed by atoms with van der Waals surface area (Å²) in [6, 6.07) is 62.8. The second-order valence-corrected chi connectivity index (χ2v) is 533. The number of piperidine rings is 6. The van der Waals surface area contributed by atoms with E-state index in [0.29, 0.717) is 88.9 Å². The van der Waals surface area contributed by atoms with Crippen LogP contribution in [0.1, 0.15) is 139 Å². The number of amides is 4. The first-order chi connectivity index (χ1) is 65.9. The van der Waals surface area contributed by atoms with Crippen molar-refractivity contribution in [3.63, 3.8) is 0 Å². The van der Waals surface area contributed by atoms with E-state index >= 15 is 0 Å². The Labute approximate surface area is 1040 Å². The molecule has 6 atom stereocenters. The van der Waals surface area contributed by atoms with Crippen molar-refractivity contribution in [1.82, 2.24) is 31.1 Å². The monoisotopic (exact) mass is 5040 g/mol. The SMILES string of the molecule is C1CCOC1.CCOC(=O)C(Br)c1ccccc1.CCOC(=O)C(Nc1cccc(C(=O)NC)c1)c1ccccc1.CNC(=O)c1cccc(N)c1.CNC(=O)c1cccc(NC(C(=O)O)c2ccccc2)c1.CNC(=O)c1cccc(NC(C(=O)O[C@H]2CN3CCC2CC3)c2ccccc2)c1.Cl.II(I)I(I)I(I)I.II(I)I(I)I(I)I(I)I.I[I-]I(I)I(I)I(I)I.O[C@H]1CN2CCC1CC2. The van der Waals surface area contributed by atoms with Crippen LogP contribution < -0.4 is 56.2 Å². The van der Waals surface area contributed by atoms with Gasteiger partial charge in [0.1, 0.15) is 10.9 Å². The number of nitrogens with zero attached hydrogens (tertiary/aromatic N) is 2. The molecular weight excluding hydrogens is 4940 g/mol. The molecule has 4 bridgehead atoms. The van der Waals surface area contributed by atoms with Crippen molar-refractivity contribution >= 4 is 475 Å². The number of rotatable bonds is 29. The third-order valence-electron chi connectivity index (χ3n) is 19.3. The number of hydrogen-bond acceptors (Lipinski definition) is 19. The molecule has 24 nitrogen and oxygen atoms in total. The van der Waals surface area contributed by atoms with E-state index in [4.69, 9.17) is 24.7 Å². The Morgan fingerprint density at radius 3 is 1.03 bits per heavy atom. The summed E-state index contributed by atoms with van der Waals surface area (Å²) in [7, 11) is 3.27. The number of aliphatic hydroxyl groups excluding tert-OH is 1. The van der Waals surface area contributed by atoms with Crippen LogP contribution in [0.25, 0.3) is 0 Å². The van der Waals surface area contributed by atoms with Gasteiger partial charge in [0, 0.05) is 99.5 Å². The summed E-state index contributed by atoms with van der Waals surface area (Å²) in [6.07, 6.45) is 7.13. The van der Waals surface area contributed by atoms with Gasteiger partial charge < -0.3 is 77.0 Å². The van der Waals surface area contributed by atoms with E-state index in [1.54, 1.807) is 151 Å². The Hall–Kier alpha value is 9.04. The largest absolute Gasteiger partial charge is 0.392 e. The fourth-order valence-corrected chi connectivity index (χ4v) is 1900. The number of halogens is 29. The van der Waals surface area contributed by atoms with Crippen molar-refractivity contribution in [1.29, 1.82) is 0 Å². The van der Waals surface area contributed by atoms with Gasteiger partial charge in [-0.25, -0.2) is 14.4 Å². The van der Waals surface area contributed by atoms with Crippen molar-refractivity contribution < 1.29 is 80.8 Å². The van der Waals surface area contributed by atoms with Crippen LogP contribution in [0.4, 0.5) is 22.7 Å². The van der Waals surface area contributed by atoms with Crippen molar-refractivity contribution in [2.24, 2.45) is 11.8 Å². The summed E-state index contributed by atoms with van der Waals surface area (Å²) >= 11 is 48.4. The molecule has 15 rings (SSSR count). The molecule has 0 aromatic heterocycles. The minimum atomic E-state index is -0.980. The summed E-state index contributed by atoms with van der Waals surface area (Å²) in [4.78, 5) is 98.8. The van der Waals surface area contributed by atoms with E-state index in [-0.39, 0.29) is 150 Å². The second kappa shape index (κ2) is 84.2. The van der Waals surface area contributed by atoms with E-state index in [9.17, 15) is 48.6 Å². The van der Waals surface area contributed by atoms with E-state index < -0.39 is 24.1 Å². The number of ether oxygens (including phenoxy) is 4. The third-order valence-corrected chi connectivity index (χ3v) is 1260. The molecule has 788 valence electrons. The molecule has 4 amide bonds. The van der Waals surface area contributed by atoms with Crippen molar-refractivity contribution in [2.45, 2.75) is 87.5 Å². The van der Waals surface area contributed by atoms with E-state index in [0.717, 1.165) is 68.9 Å². The summed E-state index contributed by atoms with van der Waals surface area (Å²) < 4.78 is 21.0. The number of nitrogen functional groups attached to an aromatic ring is 1. The maximum absolute atomic E-state index is 13.2. The fraction of sp³-hybridized carbons (Fsp3) is 0.349. The average molecular weight is 5050 g/mol. The third kappa shape index (κ3) is 58.5. The first-order valence-electron chi connectivity index (χ1n) is 40.8. The molecule has 7 saturated heterocycles. The summed E-state index contributed by atoms with van der Waals surface area (Å²) in [6.45, 7) is 12.7. The molecule has 53 heteroatoms. The van der Waals surface area contributed by atoms with Crippen LogP contribution >= 0.6 is 405 Å². The molecule has 0 aliphatic carbocycles. The summed E-state index contributed by atoms with van der Waals surface area (Å²) in [5, 5.41) is 38.3. The number of carbonyl (C=O) groups excluding carboxylic acids is 7. The second-order valence-electron chi connectivity index (χ2n) is 28.1. The van der Waals surface area contributed by atoms with Crippen molar-refractivity contribution in [3.05, 3.63) is 263 Å². The summed E-state index contributed by atoms with van der Waals surface area (Å²) in [5.41, 5.74) is 13.4. The molecular formula is C86H106BrClI27N10O14-. The molecule has 8 aromatic carbocycles. The number of fused-ring (bicyclic) bond motifs is 6. The number of alkyl halides is 1. The molecule has 0 radical (unpaired) electrons. The van der Waals surface area contributed by atoms with Crippen LogP contribution in [0.2, 0.25) is 0 Å². The molecule has 8 aromatic rings. The Morgan fingerprint density at radius 1 is 0.432 bits per heavy atom. The van der Waals surface area contributed by atoms with Crippen LogP contribution in [0.3, 0.4) is 0 Å². The van der Waals surface area contributed by atoms with Gasteiger partial charge in [-0.3, -0.25) is 28.9 Å². The maximum Gasteiger partial charge on any atom is 0.0696 e. The molecule has 4 unspecified atom stereocenters. The number of hydrogen-bond donors (Lipinski definition) is 10. The molecule has 0 spiro atoms. The summed E-state index contributed by atoms with van der Waals surface area (Å²) in [5.74, 6) is -1.44. The van der Waals surface area contributed by atoms with E-state index in [2.05, 4.69) is 361 Å². The minimum absolute atomic E-state index is 0. The smallest absolute Gasteiger partial charge is 0.0696 e. The van der Waals surface area contributed by atoms with Gasteiger partial charge in [-0.05, 0) is 185 Å². The number of carboxylic acids is 1. The average Bonchev–Trinajstić information content (AvgIpc) is 1.17. The molecule has 139 heavy (non-hydrogen) atoms. The Bertz CT molecular complexity index is 4850. The van der Waals surface area contributed by atoms with E-state index in [1.165, 1.54) is 38.8 Å². The molecule has 7 aliphatic heterocycles. The van der Waals surface area contributed by atoms with Gasteiger partial charge in [0.2, 0.25) is 0 Å². The zero-order chi connectivity index (χ0) is 102. The van der Waals surface area contributed by atoms with Crippen molar-refractivity contribution in [3.8, 4) is 0 Å².